The Kier molecular flexibility index (Phi) is 4.03. The Balaban J connectivity index is 1.62. The van der Waals surface area contributed by atoms with Gasteiger partial charge >= 0.3 is 0 Å². The van der Waals surface area contributed by atoms with Gasteiger partial charge in [0.15, 0.2) is 0 Å². The lowest BCUT2D eigenvalue weighted by atomic mass is 9.85. The smallest absolute Gasteiger partial charge is 0.130 e. The van der Waals surface area contributed by atoms with Crippen molar-refractivity contribution >= 4 is 23.1 Å². The van der Waals surface area contributed by atoms with Gasteiger partial charge in [-0.25, -0.2) is 4.98 Å². The molecule has 2 heterocycles. The number of piperazine rings is 1. The summed E-state index contributed by atoms with van der Waals surface area (Å²) in [6.07, 6.45) is 5.92. The van der Waals surface area contributed by atoms with Crippen molar-refractivity contribution in [1.29, 1.82) is 0 Å². The van der Waals surface area contributed by atoms with E-state index in [4.69, 9.17) is 17.3 Å². The highest BCUT2D eigenvalue weighted by Crippen LogP contribution is 2.29. The topological polar surface area (TPSA) is 45.4 Å². The van der Waals surface area contributed by atoms with Crippen LogP contribution >= 0.6 is 11.6 Å². The van der Waals surface area contributed by atoms with E-state index in [2.05, 4.69) is 21.7 Å². The summed E-state index contributed by atoms with van der Waals surface area (Å²) in [6.45, 7) is 6.78. The number of pyridine rings is 1. The van der Waals surface area contributed by atoms with Gasteiger partial charge in [0.1, 0.15) is 5.82 Å². The first-order chi connectivity index (χ1) is 9.63. The second-order valence-electron chi connectivity index (χ2n) is 6.16. The van der Waals surface area contributed by atoms with E-state index in [9.17, 15) is 0 Å². The highest BCUT2D eigenvalue weighted by Gasteiger charge is 2.28. The number of halogens is 1. The minimum Gasteiger partial charge on any atom is -0.397 e. The van der Waals surface area contributed by atoms with Gasteiger partial charge in [-0.3, -0.25) is 4.90 Å². The van der Waals surface area contributed by atoms with Crippen LogP contribution in [0.2, 0.25) is 5.02 Å². The fourth-order valence-electron chi connectivity index (χ4n) is 3.18. The zero-order valence-electron chi connectivity index (χ0n) is 12.1. The normalized spacial score (nSPS) is 24.7. The molecule has 2 N–H and O–H groups in total. The summed E-state index contributed by atoms with van der Waals surface area (Å²) in [7, 11) is 0. The van der Waals surface area contributed by atoms with E-state index in [0.717, 1.165) is 31.4 Å². The van der Waals surface area contributed by atoms with Crippen LogP contribution in [-0.4, -0.2) is 42.1 Å². The third kappa shape index (κ3) is 2.86. The lowest BCUT2D eigenvalue weighted by molar-refractivity contribution is 0.156. The van der Waals surface area contributed by atoms with Gasteiger partial charge in [0.05, 0.1) is 10.7 Å². The van der Waals surface area contributed by atoms with Gasteiger partial charge in [-0.15, -0.1) is 0 Å². The van der Waals surface area contributed by atoms with Crippen LogP contribution in [0, 0.1) is 5.92 Å². The second kappa shape index (κ2) is 5.78. The van der Waals surface area contributed by atoms with Crippen LogP contribution in [0.25, 0.3) is 0 Å². The predicted molar refractivity (Wildman–Crippen MR) is 84.2 cm³/mol. The Morgan fingerprint density at radius 1 is 1.40 bits per heavy atom. The van der Waals surface area contributed by atoms with E-state index in [1.165, 1.54) is 25.8 Å². The van der Waals surface area contributed by atoms with Crippen molar-refractivity contribution < 1.29 is 0 Å². The molecular weight excluding hydrogens is 272 g/mol. The van der Waals surface area contributed by atoms with E-state index < -0.39 is 0 Å². The molecule has 20 heavy (non-hydrogen) atoms. The van der Waals surface area contributed by atoms with Crippen molar-refractivity contribution in [3.63, 3.8) is 0 Å². The quantitative estimate of drug-likeness (QED) is 0.931. The highest BCUT2D eigenvalue weighted by atomic mass is 35.5. The third-order valence-corrected chi connectivity index (χ3v) is 4.93. The van der Waals surface area contributed by atoms with E-state index in [1.54, 1.807) is 6.20 Å². The molecule has 1 aliphatic heterocycles. The molecule has 2 aliphatic rings. The predicted octanol–water partition coefficient (Wildman–Crippen LogP) is 2.63. The van der Waals surface area contributed by atoms with Gasteiger partial charge in [-0.05, 0) is 25.7 Å². The summed E-state index contributed by atoms with van der Waals surface area (Å²) in [6, 6.07) is 2.36. The van der Waals surface area contributed by atoms with Crippen molar-refractivity contribution in [3.8, 4) is 0 Å². The van der Waals surface area contributed by atoms with Gasteiger partial charge in [-0.2, -0.15) is 0 Å². The van der Waals surface area contributed by atoms with Crippen LogP contribution in [-0.2, 0) is 0 Å². The standard InChI is InChI=1S/C15H23ClN4/c1-11-9-19(10-12-3-2-4-12)5-6-20(11)15-7-14(17)13(16)8-18-15/h7-8,11-12H,2-6,9-10H2,1H3,(H2,17,18)/t11-/m0/s1. The van der Waals surface area contributed by atoms with Crippen LogP contribution in [0.1, 0.15) is 26.2 Å². The van der Waals surface area contributed by atoms with E-state index in [1.807, 2.05) is 6.07 Å². The first-order valence-corrected chi connectivity index (χ1v) is 7.91. The summed E-state index contributed by atoms with van der Waals surface area (Å²) in [5.41, 5.74) is 6.49. The molecule has 3 rings (SSSR count). The van der Waals surface area contributed by atoms with E-state index >= 15 is 0 Å². The summed E-state index contributed by atoms with van der Waals surface area (Å²) in [4.78, 5) is 9.36. The first-order valence-electron chi connectivity index (χ1n) is 7.53. The molecule has 1 aromatic heterocycles. The molecule has 1 aliphatic carbocycles. The minimum absolute atomic E-state index is 0.469. The van der Waals surface area contributed by atoms with Crippen LogP contribution in [0.3, 0.4) is 0 Å². The van der Waals surface area contributed by atoms with Gasteiger partial charge in [0.25, 0.3) is 0 Å². The molecule has 0 radical (unpaired) electrons. The summed E-state index contributed by atoms with van der Waals surface area (Å²) in [5.74, 6) is 1.89. The SMILES string of the molecule is C[C@H]1CN(CC2CCC2)CCN1c1cc(N)c(Cl)cn1. The number of hydrogen-bond donors (Lipinski definition) is 1. The number of anilines is 2. The largest absolute Gasteiger partial charge is 0.397 e. The molecule has 110 valence electrons. The molecule has 0 aromatic carbocycles. The van der Waals surface area contributed by atoms with Crippen molar-refractivity contribution in [3.05, 3.63) is 17.3 Å². The maximum Gasteiger partial charge on any atom is 0.130 e. The van der Waals surface area contributed by atoms with E-state index in [-0.39, 0.29) is 0 Å². The van der Waals surface area contributed by atoms with Crippen molar-refractivity contribution in [2.45, 2.75) is 32.2 Å². The third-order valence-electron chi connectivity index (χ3n) is 4.62. The average Bonchev–Trinajstić information content (AvgIpc) is 2.38. The number of nitrogens with zero attached hydrogens (tertiary/aromatic N) is 3. The van der Waals surface area contributed by atoms with Crippen LogP contribution in [0.15, 0.2) is 12.3 Å². The molecule has 5 heteroatoms. The van der Waals surface area contributed by atoms with Gasteiger partial charge < -0.3 is 10.6 Å². The molecule has 0 spiro atoms. The minimum atomic E-state index is 0.469. The molecule has 4 nitrogen and oxygen atoms in total. The Morgan fingerprint density at radius 2 is 2.20 bits per heavy atom. The molecule has 1 saturated carbocycles. The van der Waals surface area contributed by atoms with Crippen molar-refractivity contribution in [2.75, 3.05) is 36.8 Å². The number of nitrogen functional groups attached to an aromatic ring is 1. The fraction of sp³-hybridized carbons (Fsp3) is 0.667. The highest BCUT2D eigenvalue weighted by molar-refractivity contribution is 6.32. The first kappa shape index (κ1) is 14.0. The second-order valence-corrected chi connectivity index (χ2v) is 6.57. The lowest BCUT2D eigenvalue weighted by Crippen LogP contribution is -2.53. The van der Waals surface area contributed by atoms with Crippen molar-refractivity contribution in [2.24, 2.45) is 5.92 Å². The number of nitrogens with two attached hydrogens (primary N) is 1. The molecule has 0 amide bonds. The Morgan fingerprint density at radius 3 is 2.80 bits per heavy atom. The zero-order valence-corrected chi connectivity index (χ0v) is 12.8. The van der Waals surface area contributed by atoms with Gasteiger partial charge in [0.2, 0.25) is 0 Å². The number of rotatable bonds is 3. The maximum atomic E-state index is 5.94. The molecule has 1 aromatic rings. The fourth-order valence-corrected chi connectivity index (χ4v) is 3.28. The van der Waals surface area contributed by atoms with Gasteiger partial charge in [0, 0.05) is 44.5 Å². The lowest BCUT2D eigenvalue weighted by Gasteiger charge is -2.42. The van der Waals surface area contributed by atoms with Crippen LogP contribution < -0.4 is 10.6 Å². The molecule has 1 saturated heterocycles. The number of hydrogen-bond acceptors (Lipinski definition) is 4. The molecule has 0 unspecified atom stereocenters. The summed E-state index contributed by atoms with van der Waals surface area (Å²) < 4.78 is 0. The van der Waals surface area contributed by atoms with Gasteiger partial charge in [-0.1, -0.05) is 18.0 Å². The monoisotopic (exact) mass is 294 g/mol. The van der Waals surface area contributed by atoms with Crippen LogP contribution in [0.4, 0.5) is 11.5 Å². The average molecular weight is 295 g/mol. The molecule has 2 fully saturated rings. The maximum absolute atomic E-state index is 5.94. The van der Waals surface area contributed by atoms with Crippen LogP contribution in [0.5, 0.6) is 0 Å². The Bertz CT molecular complexity index is 475. The molecule has 0 bridgehead atoms. The van der Waals surface area contributed by atoms with Crippen molar-refractivity contribution in [1.82, 2.24) is 9.88 Å². The molecule has 1 atom stereocenters. The summed E-state index contributed by atoms with van der Waals surface area (Å²) >= 11 is 5.94. The zero-order chi connectivity index (χ0) is 14.1. The number of aromatic nitrogens is 1. The Hall–Kier alpha value is -1.00. The van der Waals surface area contributed by atoms with E-state index in [0.29, 0.717) is 16.8 Å². The Labute approximate surface area is 125 Å². The summed E-state index contributed by atoms with van der Waals surface area (Å²) in [5, 5.41) is 0.532. The molecular formula is C15H23ClN4.